The number of hydrogen-bond donors (Lipinski definition) is 1. The van der Waals surface area contributed by atoms with Crippen LogP contribution in [0.4, 0.5) is 5.69 Å². The van der Waals surface area contributed by atoms with Crippen LogP contribution in [0.3, 0.4) is 0 Å². The molecule has 0 saturated carbocycles. The van der Waals surface area contributed by atoms with E-state index in [1.807, 2.05) is 6.92 Å². The summed E-state index contributed by atoms with van der Waals surface area (Å²) in [5, 5.41) is 6.63. The third kappa shape index (κ3) is 3.33. The zero-order chi connectivity index (χ0) is 13.0. The quantitative estimate of drug-likeness (QED) is 0.851. The van der Waals surface area contributed by atoms with Gasteiger partial charge in [-0.2, -0.15) is 0 Å². The molecule has 0 aliphatic heterocycles. The fourth-order valence-corrected chi connectivity index (χ4v) is 2.46. The van der Waals surface area contributed by atoms with Gasteiger partial charge in [0.25, 0.3) is 0 Å². The topological polar surface area (TPSA) is 24.9 Å². The predicted molar refractivity (Wildman–Crippen MR) is 79.3 cm³/mol. The largest absolute Gasteiger partial charge is 0.379 e. The molecule has 1 heterocycles. The van der Waals surface area contributed by atoms with Crippen LogP contribution < -0.4 is 5.32 Å². The van der Waals surface area contributed by atoms with Crippen LogP contribution in [0.2, 0.25) is 0 Å². The van der Waals surface area contributed by atoms with E-state index in [0.29, 0.717) is 5.92 Å². The summed E-state index contributed by atoms with van der Waals surface area (Å²) in [5.41, 5.74) is 3.68. The van der Waals surface area contributed by atoms with Crippen molar-refractivity contribution in [3.05, 3.63) is 45.9 Å². The number of hydrogen-bond acceptors (Lipinski definition) is 3. The van der Waals surface area contributed by atoms with Gasteiger partial charge in [0.2, 0.25) is 0 Å². The van der Waals surface area contributed by atoms with Gasteiger partial charge in [-0.25, -0.2) is 4.98 Å². The number of aromatic nitrogens is 1. The molecule has 0 amide bonds. The Hall–Kier alpha value is -1.35. The first kappa shape index (κ1) is 13.1. The summed E-state index contributed by atoms with van der Waals surface area (Å²) in [6.07, 6.45) is 1.19. The van der Waals surface area contributed by atoms with Crippen molar-refractivity contribution < 1.29 is 0 Å². The second-order valence-corrected chi connectivity index (χ2v) is 5.70. The maximum absolute atomic E-state index is 4.44. The summed E-state index contributed by atoms with van der Waals surface area (Å²) in [7, 11) is 0. The lowest BCUT2D eigenvalue weighted by molar-refractivity contribution is 0.734. The molecular formula is C15H20N2S. The summed E-state index contributed by atoms with van der Waals surface area (Å²) in [5.74, 6) is 0.639. The maximum atomic E-state index is 4.44. The maximum Gasteiger partial charge on any atom is 0.0898 e. The highest BCUT2D eigenvalue weighted by atomic mass is 32.1. The zero-order valence-corrected chi connectivity index (χ0v) is 12.1. The highest BCUT2D eigenvalue weighted by Crippen LogP contribution is 2.20. The highest BCUT2D eigenvalue weighted by molar-refractivity contribution is 7.09. The van der Waals surface area contributed by atoms with E-state index in [1.54, 1.807) is 11.3 Å². The van der Waals surface area contributed by atoms with Gasteiger partial charge < -0.3 is 5.32 Å². The van der Waals surface area contributed by atoms with Gasteiger partial charge in [0.05, 0.1) is 17.2 Å². The summed E-state index contributed by atoms with van der Waals surface area (Å²) in [6, 6.07) is 8.73. The van der Waals surface area contributed by atoms with Crippen molar-refractivity contribution in [2.75, 3.05) is 5.32 Å². The third-order valence-electron chi connectivity index (χ3n) is 3.23. The molecule has 2 nitrogen and oxygen atoms in total. The van der Waals surface area contributed by atoms with E-state index in [9.17, 15) is 0 Å². The van der Waals surface area contributed by atoms with E-state index in [-0.39, 0.29) is 0 Å². The Morgan fingerprint density at radius 3 is 2.56 bits per heavy atom. The van der Waals surface area contributed by atoms with E-state index < -0.39 is 0 Å². The standard InChI is InChI=1S/C15H20N2S/c1-4-11(2)13-5-7-14(8-6-13)16-9-15-10-18-12(3)17-15/h5-8,10-11,16H,4,9H2,1-3H3. The van der Waals surface area contributed by atoms with Crippen LogP contribution in [0.25, 0.3) is 0 Å². The molecular weight excluding hydrogens is 240 g/mol. The first-order valence-corrected chi connectivity index (χ1v) is 7.32. The van der Waals surface area contributed by atoms with Gasteiger partial charge >= 0.3 is 0 Å². The molecule has 1 aromatic carbocycles. The first-order chi connectivity index (χ1) is 8.69. The SMILES string of the molecule is CCC(C)c1ccc(NCc2csc(C)n2)cc1. The van der Waals surface area contributed by atoms with Gasteiger partial charge in [0.1, 0.15) is 0 Å². The highest BCUT2D eigenvalue weighted by Gasteiger charge is 2.02. The average Bonchev–Trinajstić information content (AvgIpc) is 2.82. The molecule has 96 valence electrons. The Morgan fingerprint density at radius 1 is 1.28 bits per heavy atom. The number of nitrogens with one attached hydrogen (secondary N) is 1. The molecule has 3 heteroatoms. The average molecular weight is 260 g/mol. The molecule has 1 atom stereocenters. The lowest BCUT2D eigenvalue weighted by Gasteiger charge is -2.10. The summed E-state index contributed by atoms with van der Waals surface area (Å²) in [4.78, 5) is 4.44. The van der Waals surface area contributed by atoms with E-state index in [0.717, 1.165) is 22.9 Å². The molecule has 1 N–H and O–H groups in total. The third-order valence-corrected chi connectivity index (χ3v) is 4.05. The van der Waals surface area contributed by atoms with Gasteiger partial charge in [-0.3, -0.25) is 0 Å². The smallest absolute Gasteiger partial charge is 0.0898 e. The second-order valence-electron chi connectivity index (χ2n) is 4.64. The van der Waals surface area contributed by atoms with Gasteiger partial charge in [-0.1, -0.05) is 26.0 Å². The van der Waals surface area contributed by atoms with Gasteiger partial charge in [0, 0.05) is 11.1 Å². The van der Waals surface area contributed by atoms with Crippen molar-refractivity contribution in [3.63, 3.8) is 0 Å². The molecule has 2 rings (SSSR count). The van der Waals surface area contributed by atoms with Gasteiger partial charge in [-0.15, -0.1) is 11.3 Å². The van der Waals surface area contributed by atoms with Crippen LogP contribution in [0.5, 0.6) is 0 Å². The molecule has 2 aromatic rings. The predicted octanol–water partition coefficient (Wildman–Crippen LogP) is 4.58. The van der Waals surface area contributed by atoms with Crippen LogP contribution in [0, 0.1) is 6.92 Å². The fourth-order valence-electron chi connectivity index (χ4n) is 1.85. The minimum absolute atomic E-state index is 0.639. The minimum atomic E-state index is 0.639. The molecule has 0 aliphatic carbocycles. The van der Waals surface area contributed by atoms with E-state index in [4.69, 9.17) is 0 Å². The van der Waals surface area contributed by atoms with Gasteiger partial charge in [0.15, 0.2) is 0 Å². The molecule has 0 spiro atoms. The van der Waals surface area contributed by atoms with Crippen molar-refractivity contribution in [1.82, 2.24) is 4.98 Å². The monoisotopic (exact) mass is 260 g/mol. The number of thiazole rings is 1. The Labute approximate surface area is 113 Å². The molecule has 1 unspecified atom stereocenters. The van der Waals surface area contributed by atoms with Crippen molar-refractivity contribution in [3.8, 4) is 0 Å². The van der Waals surface area contributed by atoms with Crippen LogP contribution in [-0.4, -0.2) is 4.98 Å². The molecule has 0 aliphatic rings. The van der Waals surface area contributed by atoms with Crippen molar-refractivity contribution in [2.24, 2.45) is 0 Å². The Kier molecular flexibility index (Phi) is 4.37. The lowest BCUT2D eigenvalue weighted by atomic mass is 9.99. The summed E-state index contributed by atoms with van der Waals surface area (Å²) >= 11 is 1.70. The van der Waals surface area contributed by atoms with Crippen LogP contribution in [0.15, 0.2) is 29.6 Å². The van der Waals surface area contributed by atoms with Crippen LogP contribution in [-0.2, 0) is 6.54 Å². The molecule has 0 saturated heterocycles. The number of rotatable bonds is 5. The van der Waals surface area contributed by atoms with Crippen LogP contribution >= 0.6 is 11.3 Å². The minimum Gasteiger partial charge on any atom is -0.379 e. The second kappa shape index (κ2) is 6.01. The Morgan fingerprint density at radius 2 is 2.00 bits per heavy atom. The van der Waals surface area contributed by atoms with Crippen molar-refractivity contribution in [2.45, 2.75) is 39.7 Å². The molecule has 18 heavy (non-hydrogen) atoms. The van der Waals surface area contributed by atoms with E-state index >= 15 is 0 Å². The first-order valence-electron chi connectivity index (χ1n) is 6.44. The molecule has 0 bridgehead atoms. The van der Waals surface area contributed by atoms with Crippen LogP contribution in [0.1, 0.15) is 42.5 Å². The summed E-state index contributed by atoms with van der Waals surface area (Å²) in [6.45, 7) is 7.32. The number of nitrogens with zero attached hydrogens (tertiary/aromatic N) is 1. The van der Waals surface area contributed by atoms with Crippen molar-refractivity contribution in [1.29, 1.82) is 0 Å². The fraction of sp³-hybridized carbons (Fsp3) is 0.400. The number of benzene rings is 1. The lowest BCUT2D eigenvalue weighted by Crippen LogP contribution is -2.00. The zero-order valence-electron chi connectivity index (χ0n) is 11.2. The Bertz CT molecular complexity index is 487. The number of anilines is 1. The van der Waals surface area contributed by atoms with E-state index in [2.05, 4.69) is 53.8 Å². The number of aryl methyl sites for hydroxylation is 1. The molecule has 0 radical (unpaired) electrons. The molecule has 1 aromatic heterocycles. The normalized spacial score (nSPS) is 12.4. The van der Waals surface area contributed by atoms with Crippen molar-refractivity contribution >= 4 is 17.0 Å². The molecule has 0 fully saturated rings. The van der Waals surface area contributed by atoms with Gasteiger partial charge in [-0.05, 0) is 37.0 Å². The van der Waals surface area contributed by atoms with E-state index in [1.165, 1.54) is 12.0 Å². The Balaban J connectivity index is 1.94. The summed E-state index contributed by atoms with van der Waals surface area (Å²) < 4.78 is 0.